The maximum atomic E-state index is 14.8. The highest BCUT2D eigenvalue weighted by molar-refractivity contribution is 7.94. The number of ether oxygens (including phenoxy) is 10. The number of carboxylic acids is 2. The number of halogens is 1. The van der Waals surface area contributed by atoms with Crippen LogP contribution < -0.4 is 29.4 Å². The van der Waals surface area contributed by atoms with Gasteiger partial charge in [0, 0.05) is 123 Å². The summed E-state index contributed by atoms with van der Waals surface area (Å²) in [5, 5.41) is 32.3. The van der Waals surface area contributed by atoms with Gasteiger partial charge in [-0.3, -0.25) is 38.2 Å². The van der Waals surface area contributed by atoms with Gasteiger partial charge >= 0.3 is 17.9 Å². The lowest BCUT2D eigenvalue weighted by atomic mass is 9.68. The summed E-state index contributed by atoms with van der Waals surface area (Å²) in [6.45, 7) is 6.45. The van der Waals surface area contributed by atoms with Crippen molar-refractivity contribution in [3.63, 3.8) is 0 Å². The van der Waals surface area contributed by atoms with Gasteiger partial charge in [-0.05, 0) is 97.7 Å². The van der Waals surface area contributed by atoms with Crippen LogP contribution in [-0.4, -0.2) is 209 Å². The molecule has 0 radical (unpaired) electrons. The molecule has 29 nitrogen and oxygen atoms in total. The van der Waals surface area contributed by atoms with Crippen LogP contribution in [0, 0.1) is 17.8 Å². The molecule has 0 unspecified atom stereocenters. The van der Waals surface area contributed by atoms with Gasteiger partial charge in [-0.15, -0.1) is 15.3 Å². The molecule has 4 aliphatic rings. The van der Waals surface area contributed by atoms with Crippen LogP contribution in [0.2, 0.25) is 5.02 Å². The molecule has 2 aliphatic carbocycles. The molecule has 1 spiro atoms. The van der Waals surface area contributed by atoms with Gasteiger partial charge in [0.2, 0.25) is 17.6 Å². The van der Waals surface area contributed by atoms with Crippen LogP contribution in [0.5, 0.6) is 23.4 Å². The number of methoxy groups -OCH3 is 5. The van der Waals surface area contributed by atoms with Gasteiger partial charge in [0.15, 0.2) is 5.78 Å². The van der Waals surface area contributed by atoms with E-state index < -0.39 is 50.6 Å². The summed E-state index contributed by atoms with van der Waals surface area (Å²) in [6, 6.07) is 11.6. The van der Waals surface area contributed by atoms with Crippen LogP contribution in [0.15, 0.2) is 82.5 Å². The lowest BCUT2D eigenvalue weighted by molar-refractivity contribution is 0.0131. The molecule has 6 atom stereocenters. The number of carbonyl (C=O) groups excluding carboxylic acids is 3. The Morgan fingerprint density at radius 3 is 1.90 bits per heavy atom. The highest BCUT2D eigenvalue weighted by Crippen LogP contribution is 2.47. The number of anilines is 1. The molecule has 1 fully saturated rings. The molecule has 6 aromatic rings. The van der Waals surface area contributed by atoms with Crippen LogP contribution in [0.1, 0.15) is 102 Å². The number of Topliss-reactive ketones (excluding diaryl/α,β-unsaturated/α-hetero) is 1. The Morgan fingerprint density at radius 2 is 1.33 bits per heavy atom. The molecule has 524 valence electrons. The fraction of sp³-hybridized carbons (Fsp3) is 0.523. The Morgan fingerprint density at radius 1 is 0.740 bits per heavy atom. The van der Waals surface area contributed by atoms with Crippen molar-refractivity contribution in [2.24, 2.45) is 50.3 Å². The van der Waals surface area contributed by atoms with Gasteiger partial charge in [0.1, 0.15) is 54.4 Å². The van der Waals surface area contributed by atoms with E-state index in [2.05, 4.69) is 53.9 Å². The highest BCUT2D eigenvalue weighted by Gasteiger charge is 2.45. The molecule has 4 aromatic heterocycles. The molecule has 2 aliphatic heterocycles. The number of aromatic carboxylic acids is 2. The Labute approximate surface area is 561 Å². The Kier molecular flexibility index (Phi) is 27.8. The lowest BCUT2D eigenvalue weighted by Gasteiger charge is -2.46. The molecule has 1 amide bonds. The Hall–Kier alpha value is -8.39. The number of aryl methyl sites for hydroxylation is 5. The van der Waals surface area contributed by atoms with E-state index in [9.17, 15) is 33.0 Å². The fourth-order valence-corrected chi connectivity index (χ4v) is 14.0. The maximum absolute atomic E-state index is 14.8. The smallest absolute Gasteiger partial charge is 0.345 e. The summed E-state index contributed by atoms with van der Waals surface area (Å²) in [7, 11) is 11.2. The average molecular weight is 1380 g/mol. The second kappa shape index (κ2) is 35.6. The molecule has 31 heteroatoms. The molecular weight excluding hydrogens is 1290 g/mol. The Balaban J connectivity index is 0.000000248. The number of H-pyrrole nitrogens is 1. The van der Waals surface area contributed by atoms with Crippen LogP contribution in [0.3, 0.4) is 0 Å². The van der Waals surface area contributed by atoms with Crippen LogP contribution in [0.25, 0.3) is 0 Å². The van der Waals surface area contributed by atoms with Gasteiger partial charge in [-0.1, -0.05) is 36.7 Å². The summed E-state index contributed by atoms with van der Waals surface area (Å²) in [4.78, 5) is 73.7. The SMILES string of the molecule is COCCOC(=O)c1cn(C)nc1OCCOC.COCCOc1nn(C)cc1C(=O)C[S@@]1(=O)=NC(=O)c2ccc3c(c2)N(C[C@@H]2CC[C@H]2[C@@H](OC)/C=C/C[C@H](C)C1)C[C@@]1(CCCc2cc(Cl)ccc21)CO3.COCCOc1nn(C)cc1C(=O)O.Cn1cc(C(=O)O)c(=O)[nH]1. The number of amides is 1. The van der Waals surface area contributed by atoms with E-state index in [4.69, 9.17) is 69.2 Å². The van der Waals surface area contributed by atoms with Crippen LogP contribution in [0.4, 0.5) is 5.69 Å². The number of ketones is 1. The number of hydrogen-bond donors (Lipinski definition) is 3. The van der Waals surface area contributed by atoms with Gasteiger partial charge in [-0.25, -0.2) is 18.6 Å². The monoisotopic (exact) mass is 1380 g/mol. The second-order valence-corrected chi connectivity index (χ2v) is 26.4. The predicted molar refractivity (Wildman–Crippen MR) is 353 cm³/mol. The molecule has 2 aromatic carbocycles. The molecule has 2 bridgehead atoms. The number of nitrogens with one attached hydrogen (secondary N) is 1. The normalized spacial score (nSPS) is 20.7. The average Bonchev–Trinajstić information content (AvgIpc) is 1.37. The van der Waals surface area contributed by atoms with E-state index in [1.165, 1.54) is 49.4 Å². The van der Waals surface area contributed by atoms with Gasteiger partial charge in [-0.2, -0.15) is 4.36 Å². The summed E-state index contributed by atoms with van der Waals surface area (Å²) in [6.07, 6.45) is 15.6. The lowest BCUT2D eigenvalue weighted by Crippen LogP contribution is -2.49. The fourth-order valence-electron chi connectivity index (χ4n) is 11.6. The number of nitrogens with zero attached hydrogens (tertiary/aromatic N) is 9. The van der Waals surface area contributed by atoms with Crippen molar-refractivity contribution in [2.75, 3.05) is 125 Å². The van der Waals surface area contributed by atoms with Crippen molar-refractivity contribution >= 4 is 56.6 Å². The van der Waals surface area contributed by atoms with E-state index in [0.717, 1.165) is 49.4 Å². The summed E-state index contributed by atoms with van der Waals surface area (Å²) in [5.41, 5.74) is 3.12. The number of fused-ring (bicyclic) bond motifs is 4. The van der Waals surface area contributed by atoms with Gasteiger partial charge < -0.3 is 62.5 Å². The summed E-state index contributed by atoms with van der Waals surface area (Å²) < 4.78 is 78.3. The van der Waals surface area contributed by atoms with Crippen molar-refractivity contribution in [1.29, 1.82) is 0 Å². The standard InChI is InChI=1S/C41H51ClN4O7S.C11H18N2O5.C8H12N2O4.C5H6N2O3/c1-27-7-5-9-37(51-4)32-13-10-30(32)21-46-25-41(16-6-8-28-19-31(42)12-14-34(28)41)26-53-38-15-11-29(20-35(38)46)39(48)44-54(49,23-27)24-36(47)33-22-45(2)43-40(33)52-18-17-50-3;1-13-8-9(11(14)18-7-5-16-3)10(12-13)17-6-4-15-2;1-10-5-6(8(11)12)7(9-10)14-4-3-13-2;1-7-2-3(5(9)10)4(8)6-7/h5,9,11-12,14-15,19-20,22,27,30,32,37H,6-8,10,13,16-18,21,23-26H2,1-4H3;8H,4-7H2,1-3H3;5H,3-4H2,1-2H3,(H,11,12);2H,1H3,(H,6,8)(H,9,10)/b9-5+;;;/t27-,30-,32+,37-,41-,54+;;;/m0.../s1. The molecule has 3 N–H and O–H groups in total. The number of rotatable bonds is 22. The largest absolute Gasteiger partial charge is 0.490 e. The number of carbonyl (C=O) groups is 5. The topological polar surface area (TPSA) is 342 Å². The first kappa shape index (κ1) is 75.0. The van der Waals surface area contributed by atoms with Crippen molar-refractivity contribution in [2.45, 2.75) is 57.0 Å². The van der Waals surface area contributed by atoms with Crippen LogP contribution >= 0.6 is 11.6 Å². The minimum absolute atomic E-state index is 0.0589. The predicted octanol–water partition coefficient (Wildman–Crippen LogP) is 6.50. The molecule has 6 heterocycles. The first-order chi connectivity index (χ1) is 45.9. The van der Waals surface area contributed by atoms with Crippen LogP contribution in [-0.2, 0) is 78.2 Å². The number of allylic oxidation sites excluding steroid dienone is 1. The Bertz CT molecular complexity index is 3850. The maximum Gasteiger partial charge on any atom is 0.345 e. The molecule has 1 saturated carbocycles. The minimum Gasteiger partial charge on any atom is -0.490 e. The quantitative estimate of drug-likeness (QED) is 0.0282. The number of benzene rings is 2. The number of esters is 1. The van der Waals surface area contributed by atoms with Gasteiger partial charge in [0.25, 0.3) is 11.5 Å². The summed E-state index contributed by atoms with van der Waals surface area (Å²) in [5.74, 6) is -2.42. The summed E-state index contributed by atoms with van der Waals surface area (Å²) >= 11 is 6.47. The highest BCUT2D eigenvalue weighted by atomic mass is 35.5. The van der Waals surface area contributed by atoms with E-state index in [0.29, 0.717) is 81.3 Å². The number of aromatic nitrogens is 8. The van der Waals surface area contributed by atoms with Crippen molar-refractivity contribution in [3.05, 3.63) is 128 Å². The molecular formula is C65H87ClN10O19S. The van der Waals surface area contributed by atoms with E-state index in [-0.39, 0.29) is 77.3 Å². The number of aromatic amines is 1. The van der Waals surface area contributed by atoms with Crippen molar-refractivity contribution in [3.8, 4) is 23.4 Å². The zero-order valence-corrected chi connectivity index (χ0v) is 57.4. The minimum atomic E-state index is -3.39. The first-order valence-electron chi connectivity index (χ1n) is 31.1. The third kappa shape index (κ3) is 20.3. The van der Waals surface area contributed by atoms with Crippen molar-refractivity contribution in [1.82, 2.24) is 39.1 Å². The third-order valence-corrected chi connectivity index (χ3v) is 18.8. The van der Waals surface area contributed by atoms with E-state index in [1.54, 1.807) is 75.1 Å². The molecule has 0 saturated heterocycles. The first-order valence-corrected chi connectivity index (χ1v) is 33.3. The molecule has 10 rings (SSSR count). The third-order valence-electron chi connectivity index (χ3n) is 16.2. The molecule has 96 heavy (non-hydrogen) atoms. The zero-order valence-electron chi connectivity index (χ0n) is 55.8. The van der Waals surface area contributed by atoms with E-state index >= 15 is 0 Å². The van der Waals surface area contributed by atoms with Gasteiger partial charge in [0.05, 0.1) is 60.3 Å². The van der Waals surface area contributed by atoms with E-state index in [1.807, 2.05) is 25.1 Å². The zero-order chi connectivity index (χ0) is 69.7. The van der Waals surface area contributed by atoms with Crippen molar-refractivity contribution < 1.29 is 85.8 Å². The second-order valence-electron chi connectivity index (χ2n) is 23.6. The number of hydrogen-bond acceptors (Lipinski definition) is 21. The number of carboxylic acid groups (broad SMARTS) is 2.